The zero-order valence-corrected chi connectivity index (χ0v) is 16.7. The molecule has 0 aliphatic carbocycles. The molecule has 6 heteroatoms. The van der Waals surface area contributed by atoms with E-state index in [1.165, 1.54) is 0 Å². The van der Waals surface area contributed by atoms with Crippen LogP contribution in [0.3, 0.4) is 0 Å². The summed E-state index contributed by atoms with van der Waals surface area (Å²) in [6.45, 7) is 0.685. The van der Waals surface area contributed by atoms with Crippen LogP contribution in [-0.2, 0) is 11.3 Å². The fourth-order valence-corrected chi connectivity index (χ4v) is 2.67. The van der Waals surface area contributed by atoms with Gasteiger partial charge in [-0.2, -0.15) is 0 Å². The molecule has 0 aromatic heterocycles. The van der Waals surface area contributed by atoms with Crippen LogP contribution in [0.1, 0.15) is 15.9 Å². The quantitative estimate of drug-likeness (QED) is 0.359. The first-order valence-corrected chi connectivity index (χ1v) is 9.44. The minimum absolute atomic E-state index is 0.121. The number of ether oxygens (including phenoxy) is 4. The molecule has 3 aromatic carbocycles. The van der Waals surface area contributed by atoms with Crippen molar-refractivity contribution >= 4 is 17.6 Å². The third-order valence-electron chi connectivity index (χ3n) is 4.06. The lowest BCUT2D eigenvalue weighted by Crippen LogP contribution is -2.13. The van der Waals surface area contributed by atoms with Gasteiger partial charge in [0, 0.05) is 5.02 Å². The molecule has 0 radical (unpaired) electrons. The van der Waals surface area contributed by atoms with Crippen LogP contribution in [0, 0.1) is 0 Å². The van der Waals surface area contributed by atoms with Crippen LogP contribution in [0.5, 0.6) is 17.2 Å². The lowest BCUT2D eigenvalue weighted by Gasteiger charge is -2.12. The topological polar surface area (TPSA) is 54.0 Å². The number of benzene rings is 3. The number of halogens is 1. The van der Waals surface area contributed by atoms with Gasteiger partial charge in [0.2, 0.25) is 0 Å². The molecule has 0 heterocycles. The highest BCUT2D eigenvalue weighted by Gasteiger charge is 2.13. The molecule has 0 bridgehead atoms. The van der Waals surface area contributed by atoms with Gasteiger partial charge in [0.05, 0.1) is 7.11 Å². The van der Waals surface area contributed by atoms with E-state index in [1.54, 1.807) is 67.8 Å². The van der Waals surface area contributed by atoms with Gasteiger partial charge in [-0.25, -0.2) is 4.79 Å². The van der Waals surface area contributed by atoms with E-state index in [-0.39, 0.29) is 13.2 Å². The zero-order chi connectivity index (χ0) is 20.5. The van der Waals surface area contributed by atoms with Gasteiger partial charge < -0.3 is 18.9 Å². The summed E-state index contributed by atoms with van der Waals surface area (Å²) in [5.74, 6) is 1.42. The van der Waals surface area contributed by atoms with Crippen molar-refractivity contribution in [1.29, 1.82) is 0 Å². The second-order valence-corrected chi connectivity index (χ2v) is 6.51. The predicted octanol–water partition coefficient (Wildman–Crippen LogP) is 5.16. The molecule has 29 heavy (non-hydrogen) atoms. The molecule has 0 aliphatic rings. The Morgan fingerprint density at radius 3 is 2.24 bits per heavy atom. The molecule has 0 aliphatic heterocycles. The summed E-state index contributed by atoms with van der Waals surface area (Å²) in [7, 11) is 1.60. The van der Waals surface area contributed by atoms with Gasteiger partial charge in [0.15, 0.2) is 0 Å². The third kappa shape index (κ3) is 6.16. The summed E-state index contributed by atoms with van der Waals surface area (Å²) in [6, 6.07) is 21.5. The second-order valence-electron chi connectivity index (χ2n) is 6.07. The Labute approximate surface area is 174 Å². The average Bonchev–Trinajstić information content (AvgIpc) is 2.77. The molecule has 0 fully saturated rings. The van der Waals surface area contributed by atoms with Crippen molar-refractivity contribution in [3.63, 3.8) is 0 Å². The minimum Gasteiger partial charge on any atom is -0.497 e. The highest BCUT2D eigenvalue weighted by Crippen LogP contribution is 2.21. The molecule has 0 saturated carbocycles. The fourth-order valence-electron chi connectivity index (χ4n) is 2.55. The summed E-state index contributed by atoms with van der Waals surface area (Å²) in [6.07, 6.45) is 0. The molecule has 3 rings (SSSR count). The van der Waals surface area contributed by atoms with Crippen molar-refractivity contribution in [2.24, 2.45) is 0 Å². The van der Waals surface area contributed by atoms with E-state index in [9.17, 15) is 4.79 Å². The molecule has 0 spiro atoms. The van der Waals surface area contributed by atoms with E-state index in [2.05, 4.69) is 0 Å². The molecule has 0 unspecified atom stereocenters. The number of hydrogen-bond donors (Lipinski definition) is 0. The number of rotatable bonds is 9. The maximum Gasteiger partial charge on any atom is 0.342 e. The molecule has 3 aromatic rings. The Hall–Kier alpha value is -3.18. The fraction of sp³-hybridized carbons (Fsp3) is 0.174. The van der Waals surface area contributed by atoms with Crippen LogP contribution in [0.25, 0.3) is 0 Å². The second kappa shape index (κ2) is 10.4. The lowest BCUT2D eigenvalue weighted by atomic mass is 10.2. The summed E-state index contributed by atoms with van der Waals surface area (Å²) < 4.78 is 21.8. The molecule has 0 N–H and O–H groups in total. The van der Waals surface area contributed by atoms with Crippen molar-refractivity contribution in [3.05, 3.63) is 88.9 Å². The Morgan fingerprint density at radius 2 is 1.52 bits per heavy atom. The maximum atomic E-state index is 12.4. The van der Waals surface area contributed by atoms with E-state index in [4.69, 9.17) is 30.5 Å². The number of esters is 1. The molecular formula is C23H21ClO5. The predicted molar refractivity (Wildman–Crippen MR) is 111 cm³/mol. The van der Waals surface area contributed by atoms with Crippen LogP contribution in [0.4, 0.5) is 0 Å². The van der Waals surface area contributed by atoms with E-state index >= 15 is 0 Å². The first kappa shape index (κ1) is 20.6. The third-order valence-corrected chi connectivity index (χ3v) is 4.31. The molecule has 0 amide bonds. The minimum atomic E-state index is -0.463. The van der Waals surface area contributed by atoms with Crippen molar-refractivity contribution in [3.8, 4) is 17.2 Å². The van der Waals surface area contributed by atoms with E-state index < -0.39 is 5.97 Å². The van der Waals surface area contributed by atoms with Gasteiger partial charge >= 0.3 is 5.97 Å². The van der Waals surface area contributed by atoms with Gasteiger partial charge in [-0.3, -0.25) is 0 Å². The van der Waals surface area contributed by atoms with Crippen LogP contribution in [-0.4, -0.2) is 26.3 Å². The van der Waals surface area contributed by atoms with Crippen molar-refractivity contribution in [2.75, 3.05) is 20.3 Å². The SMILES string of the molecule is COc1ccc(OCCOC(=O)c2ccccc2OCc2ccc(Cl)cc2)cc1. The smallest absolute Gasteiger partial charge is 0.342 e. The molecule has 0 saturated heterocycles. The van der Waals surface area contributed by atoms with Crippen molar-refractivity contribution in [1.82, 2.24) is 0 Å². The van der Waals surface area contributed by atoms with Crippen LogP contribution in [0.15, 0.2) is 72.8 Å². The summed E-state index contributed by atoms with van der Waals surface area (Å²) in [5, 5.41) is 0.662. The van der Waals surface area contributed by atoms with Crippen molar-refractivity contribution in [2.45, 2.75) is 6.61 Å². The number of hydrogen-bond acceptors (Lipinski definition) is 5. The Morgan fingerprint density at radius 1 is 0.828 bits per heavy atom. The summed E-state index contributed by atoms with van der Waals surface area (Å²) in [4.78, 5) is 12.4. The monoisotopic (exact) mass is 412 g/mol. The Bertz CT molecular complexity index is 923. The number of carbonyl (C=O) groups is 1. The molecule has 5 nitrogen and oxygen atoms in total. The maximum absolute atomic E-state index is 12.4. The largest absolute Gasteiger partial charge is 0.497 e. The first-order chi connectivity index (χ1) is 14.2. The number of carbonyl (C=O) groups excluding carboxylic acids is 1. The number of methoxy groups -OCH3 is 1. The molecule has 150 valence electrons. The summed E-state index contributed by atoms with van der Waals surface area (Å²) in [5.41, 5.74) is 1.32. The zero-order valence-electron chi connectivity index (χ0n) is 16.0. The van der Waals surface area contributed by atoms with Gasteiger partial charge in [-0.05, 0) is 54.1 Å². The summed E-state index contributed by atoms with van der Waals surface area (Å²) >= 11 is 5.89. The van der Waals surface area contributed by atoms with Gasteiger partial charge in [0.1, 0.15) is 42.6 Å². The van der Waals surface area contributed by atoms with Crippen LogP contribution >= 0.6 is 11.6 Å². The van der Waals surface area contributed by atoms with Gasteiger partial charge in [0.25, 0.3) is 0 Å². The van der Waals surface area contributed by atoms with Crippen LogP contribution in [0.2, 0.25) is 5.02 Å². The molecular weight excluding hydrogens is 392 g/mol. The Kier molecular flexibility index (Phi) is 7.36. The van der Waals surface area contributed by atoms with Gasteiger partial charge in [-0.15, -0.1) is 0 Å². The highest BCUT2D eigenvalue weighted by atomic mass is 35.5. The number of para-hydroxylation sites is 1. The van der Waals surface area contributed by atoms with E-state index in [1.807, 2.05) is 12.1 Å². The van der Waals surface area contributed by atoms with E-state index in [0.29, 0.717) is 28.7 Å². The lowest BCUT2D eigenvalue weighted by molar-refractivity contribution is 0.0445. The standard InChI is InChI=1S/C23H21ClO5/c1-26-19-10-12-20(13-11-19)27-14-15-28-23(25)21-4-2-3-5-22(21)29-16-17-6-8-18(24)9-7-17/h2-13H,14-16H2,1H3. The van der Waals surface area contributed by atoms with Gasteiger partial charge in [-0.1, -0.05) is 35.9 Å². The van der Waals surface area contributed by atoms with Crippen LogP contribution < -0.4 is 14.2 Å². The Balaban J connectivity index is 1.50. The van der Waals surface area contributed by atoms with E-state index in [0.717, 1.165) is 11.3 Å². The highest BCUT2D eigenvalue weighted by molar-refractivity contribution is 6.30. The first-order valence-electron chi connectivity index (χ1n) is 9.06. The normalized spacial score (nSPS) is 10.3. The molecule has 0 atom stereocenters. The van der Waals surface area contributed by atoms with Crippen molar-refractivity contribution < 1.29 is 23.7 Å². The average molecular weight is 413 g/mol.